The molecule has 1 saturated heterocycles. The van der Waals surface area contributed by atoms with E-state index in [-0.39, 0.29) is 30.8 Å². The highest BCUT2D eigenvalue weighted by atomic mass is 16.6. The number of carbonyl (C=O) groups is 3. The van der Waals surface area contributed by atoms with Gasteiger partial charge in [0.1, 0.15) is 18.0 Å². The van der Waals surface area contributed by atoms with Crippen LogP contribution in [0.4, 0.5) is 10.5 Å². The zero-order valence-electron chi connectivity index (χ0n) is 30.4. The Hall–Kier alpha value is -4.74. The van der Waals surface area contributed by atoms with Gasteiger partial charge in [-0.25, -0.2) is 9.78 Å². The lowest BCUT2D eigenvalue weighted by Gasteiger charge is -2.34. The van der Waals surface area contributed by atoms with E-state index in [1.54, 1.807) is 7.11 Å². The van der Waals surface area contributed by atoms with Gasteiger partial charge in [0.15, 0.2) is 0 Å². The number of likely N-dealkylation sites (tertiary alicyclic amines) is 1. The lowest BCUT2D eigenvalue weighted by molar-refractivity contribution is -0.133. The summed E-state index contributed by atoms with van der Waals surface area (Å²) in [5.41, 5.74) is 5.08. The van der Waals surface area contributed by atoms with E-state index in [0.29, 0.717) is 31.8 Å². The second-order valence-corrected chi connectivity index (χ2v) is 14.1. The number of aromatic nitrogens is 2. The van der Waals surface area contributed by atoms with E-state index in [2.05, 4.69) is 21.3 Å². The maximum atomic E-state index is 13.9. The van der Waals surface area contributed by atoms with E-state index >= 15 is 0 Å². The number of methoxy groups -OCH3 is 2. The number of rotatable bonds is 14. The lowest BCUT2D eigenvalue weighted by Crippen LogP contribution is -2.46. The zero-order chi connectivity index (χ0) is 36.4. The predicted octanol–water partition coefficient (Wildman–Crippen LogP) is 6.56. The van der Waals surface area contributed by atoms with Crippen LogP contribution in [0.5, 0.6) is 0 Å². The Balaban J connectivity index is 1.28. The molecule has 11 heteroatoms. The molecule has 0 unspecified atom stereocenters. The van der Waals surface area contributed by atoms with Crippen molar-refractivity contribution in [1.82, 2.24) is 19.8 Å². The highest BCUT2D eigenvalue weighted by Gasteiger charge is 2.30. The topological polar surface area (TPSA) is 124 Å². The van der Waals surface area contributed by atoms with Crippen LogP contribution in [0.25, 0.3) is 22.2 Å². The Morgan fingerprint density at radius 1 is 0.941 bits per heavy atom. The first kappa shape index (κ1) is 37.5. The van der Waals surface area contributed by atoms with Crippen LogP contribution >= 0.6 is 0 Å². The smallest absolute Gasteiger partial charge is 0.407 e. The number of aryl methyl sites for hydroxylation is 1. The predicted molar refractivity (Wildman–Crippen MR) is 199 cm³/mol. The molecule has 3 amide bonds. The van der Waals surface area contributed by atoms with Crippen LogP contribution in [0, 0.1) is 0 Å². The summed E-state index contributed by atoms with van der Waals surface area (Å²) in [6.45, 7) is 8.17. The molecule has 0 bridgehead atoms. The molecule has 2 atom stereocenters. The molecular weight excluding hydrogens is 646 g/mol. The van der Waals surface area contributed by atoms with Gasteiger partial charge >= 0.3 is 6.09 Å². The molecule has 1 aromatic heterocycles. The zero-order valence-corrected chi connectivity index (χ0v) is 30.4. The fraction of sp³-hybridized carbons (Fsp3) is 0.450. The van der Waals surface area contributed by atoms with Gasteiger partial charge in [-0.2, -0.15) is 0 Å². The summed E-state index contributed by atoms with van der Waals surface area (Å²) in [6, 6.07) is 23.4. The van der Waals surface area contributed by atoms with Crippen LogP contribution in [-0.2, 0) is 36.8 Å². The molecule has 0 radical (unpaired) electrons. The number of amides is 3. The molecule has 0 aliphatic carbocycles. The number of nitrogens with zero attached hydrogens (tertiary/aromatic N) is 3. The summed E-state index contributed by atoms with van der Waals surface area (Å²) in [4.78, 5) is 45.7. The number of alkyl carbamates (subject to hydrolysis) is 1. The number of fused-ring (bicyclic) bond motifs is 1. The molecule has 4 aromatic rings. The van der Waals surface area contributed by atoms with Gasteiger partial charge in [-0.15, -0.1) is 0 Å². The standard InChI is InChI=1S/C40H51N5O6/c1-40(2,3)51-39(48)42-33(24-28-13-15-29(16-14-28)30-17-19-32(20-18-30)41-36(46)27-50-5)25-37(47)44-21-8-10-31(26-44)38-43-34-11-6-7-12-35(34)45(38)22-9-23-49-4/h6-7,11-20,31,33H,8-10,21-27H2,1-5H3,(H,41,46)(H,42,48)/t31-,33-/m1/s1. The third-order valence-corrected chi connectivity index (χ3v) is 8.91. The van der Waals surface area contributed by atoms with E-state index in [4.69, 9.17) is 19.2 Å². The first-order chi connectivity index (χ1) is 24.5. The number of benzene rings is 3. The number of imidazole rings is 1. The number of hydrogen-bond donors (Lipinski definition) is 2. The number of carbonyl (C=O) groups excluding carboxylic acids is 3. The molecule has 0 saturated carbocycles. The highest BCUT2D eigenvalue weighted by Crippen LogP contribution is 2.30. The molecule has 11 nitrogen and oxygen atoms in total. The average molecular weight is 698 g/mol. The number of anilines is 1. The van der Waals surface area contributed by atoms with E-state index < -0.39 is 17.7 Å². The second kappa shape index (κ2) is 17.5. The first-order valence-electron chi connectivity index (χ1n) is 17.7. The molecule has 3 aromatic carbocycles. The third-order valence-electron chi connectivity index (χ3n) is 8.91. The van der Waals surface area contributed by atoms with Gasteiger partial charge in [-0.3, -0.25) is 9.59 Å². The van der Waals surface area contributed by atoms with Crippen molar-refractivity contribution in [2.45, 2.75) is 77.0 Å². The monoisotopic (exact) mass is 697 g/mol. The summed E-state index contributed by atoms with van der Waals surface area (Å²) >= 11 is 0. The lowest BCUT2D eigenvalue weighted by atomic mass is 9.95. The molecular formula is C40H51N5O6. The quantitative estimate of drug-likeness (QED) is 0.143. The van der Waals surface area contributed by atoms with Gasteiger partial charge in [0.25, 0.3) is 0 Å². The minimum Gasteiger partial charge on any atom is -0.444 e. The Bertz CT molecular complexity index is 1760. The van der Waals surface area contributed by atoms with Crippen molar-refractivity contribution in [3.05, 3.63) is 84.2 Å². The van der Waals surface area contributed by atoms with Crippen molar-refractivity contribution in [3.63, 3.8) is 0 Å². The summed E-state index contributed by atoms with van der Waals surface area (Å²) in [5, 5.41) is 5.79. The number of piperidine rings is 1. The van der Waals surface area contributed by atoms with Crippen molar-refractivity contribution < 1.29 is 28.6 Å². The maximum absolute atomic E-state index is 13.9. The molecule has 1 aliphatic rings. The summed E-state index contributed by atoms with van der Waals surface area (Å²) in [7, 11) is 3.20. The highest BCUT2D eigenvalue weighted by molar-refractivity contribution is 5.92. The largest absolute Gasteiger partial charge is 0.444 e. The summed E-state index contributed by atoms with van der Waals surface area (Å²) in [6.07, 6.45) is 2.77. The second-order valence-electron chi connectivity index (χ2n) is 14.1. The summed E-state index contributed by atoms with van der Waals surface area (Å²) < 4.78 is 18.1. The van der Waals surface area contributed by atoms with Crippen LogP contribution in [0.3, 0.4) is 0 Å². The van der Waals surface area contributed by atoms with Crippen molar-refractivity contribution in [2.75, 3.05) is 45.8 Å². The summed E-state index contributed by atoms with van der Waals surface area (Å²) in [5.74, 6) is 0.909. The molecule has 2 heterocycles. The van der Waals surface area contributed by atoms with Gasteiger partial charge in [0.2, 0.25) is 11.8 Å². The SMILES string of the molecule is COCCCn1c([C@@H]2CCCN(C(=O)C[C@@H](Cc3ccc(-c4ccc(NC(=O)COC)cc4)cc3)NC(=O)OC(C)(C)C)C2)nc2ccccc21. The Morgan fingerprint density at radius 3 is 2.33 bits per heavy atom. The van der Waals surface area contributed by atoms with Gasteiger partial charge in [0.05, 0.1) is 11.0 Å². The minimum absolute atomic E-state index is 0.00268. The van der Waals surface area contributed by atoms with Crippen LogP contribution in [-0.4, -0.2) is 84.5 Å². The molecule has 0 spiro atoms. The van der Waals surface area contributed by atoms with Gasteiger partial charge < -0.3 is 34.3 Å². The molecule has 1 fully saturated rings. The van der Waals surface area contributed by atoms with Crippen molar-refractivity contribution in [1.29, 1.82) is 0 Å². The van der Waals surface area contributed by atoms with Crippen molar-refractivity contribution >= 4 is 34.6 Å². The third kappa shape index (κ3) is 10.6. The maximum Gasteiger partial charge on any atom is 0.407 e. The van der Waals surface area contributed by atoms with Crippen LogP contribution in [0.2, 0.25) is 0 Å². The van der Waals surface area contributed by atoms with Gasteiger partial charge in [0, 0.05) is 64.5 Å². The van der Waals surface area contributed by atoms with Crippen LogP contribution < -0.4 is 10.6 Å². The Morgan fingerprint density at radius 2 is 1.65 bits per heavy atom. The number of nitrogens with one attached hydrogen (secondary N) is 2. The molecule has 1 aliphatic heterocycles. The minimum atomic E-state index is -0.669. The van der Waals surface area contributed by atoms with E-state index in [9.17, 15) is 14.4 Å². The Kier molecular flexibility index (Phi) is 12.8. The first-order valence-corrected chi connectivity index (χ1v) is 17.7. The molecule has 51 heavy (non-hydrogen) atoms. The van der Waals surface area contributed by atoms with E-state index in [1.807, 2.05) is 92.4 Å². The fourth-order valence-corrected chi connectivity index (χ4v) is 6.60. The van der Waals surface area contributed by atoms with E-state index in [0.717, 1.165) is 59.4 Å². The van der Waals surface area contributed by atoms with Crippen molar-refractivity contribution in [2.24, 2.45) is 0 Å². The molecule has 2 N–H and O–H groups in total. The number of hydrogen-bond acceptors (Lipinski definition) is 7. The van der Waals surface area contributed by atoms with Gasteiger partial charge in [-0.05, 0) is 87.4 Å². The van der Waals surface area contributed by atoms with Gasteiger partial charge in [-0.1, -0.05) is 48.5 Å². The average Bonchev–Trinajstić information content (AvgIpc) is 3.47. The fourth-order valence-electron chi connectivity index (χ4n) is 6.60. The Labute approximate surface area is 300 Å². The molecule has 272 valence electrons. The molecule has 5 rings (SSSR count). The van der Waals surface area contributed by atoms with Crippen molar-refractivity contribution in [3.8, 4) is 11.1 Å². The van der Waals surface area contributed by atoms with E-state index in [1.165, 1.54) is 7.11 Å². The van der Waals surface area contributed by atoms with Crippen LogP contribution in [0.15, 0.2) is 72.8 Å². The number of ether oxygens (including phenoxy) is 3. The normalized spacial score (nSPS) is 15.4. The number of para-hydroxylation sites is 2. The van der Waals surface area contributed by atoms with Crippen LogP contribution in [0.1, 0.15) is 63.8 Å².